The van der Waals surface area contributed by atoms with Crippen molar-refractivity contribution in [2.45, 2.75) is 38.3 Å². The van der Waals surface area contributed by atoms with Crippen LogP contribution >= 0.6 is 11.3 Å². The van der Waals surface area contributed by atoms with E-state index in [2.05, 4.69) is 15.2 Å². The summed E-state index contributed by atoms with van der Waals surface area (Å²) in [7, 11) is 0. The number of aliphatic hydroxyl groups excluding tert-OH is 1. The van der Waals surface area contributed by atoms with E-state index in [0.29, 0.717) is 11.3 Å². The number of aromatic nitrogens is 1. The zero-order valence-electron chi connectivity index (χ0n) is 12.4. The lowest BCUT2D eigenvalue weighted by molar-refractivity contribution is 0.0904. The Balaban J connectivity index is 2.10. The first-order valence-electron chi connectivity index (χ1n) is 7.02. The maximum absolute atomic E-state index is 12.3. The second-order valence-corrected chi connectivity index (χ2v) is 6.99. The number of hydrogen-bond donors (Lipinski definition) is 4. The summed E-state index contributed by atoms with van der Waals surface area (Å²) >= 11 is 1.29. The van der Waals surface area contributed by atoms with E-state index in [0.717, 1.165) is 24.6 Å². The molecule has 0 aromatic carbocycles. The van der Waals surface area contributed by atoms with Crippen LogP contribution in [0.3, 0.4) is 0 Å². The van der Waals surface area contributed by atoms with Gasteiger partial charge in [0.15, 0.2) is 5.13 Å². The Hall–Kier alpha value is -1.38. The molecule has 1 atom stereocenters. The molecule has 1 amide bonds. The maximum atomic E-state index is 12.3. The molecule has 21 heavy (non-hydrogen) atoms. The Morgan fingerprint density at radius 3 is 2.90 bits per heavy atom. The van der Waals surface area contributed by atoms with E-state index in [4.69, 9.17) is 16.6 Å². The highest BCUT2D eigenvalue weighted by molar-refractivity contribution is 7.18. The van der Waals surface area contributed by atoms with Crippen LogP contribution in [-0.4, -0.2) is 47.3 Å². The average Bonchev–Trinajstić information content (AvgIpc) is 2.94. The number of anilines is 2. The van der Waals surface area contributed by atoms with Gasteiger partial charge in [-0.2, -0.15) is 0 Å². The molecule has 118 valence electrons. The molecule has 1 saturated heterocycles. The maximum Gasteiger partial charge on any atom is 0.265 e. The van der Waals surface area contributed by atoms with Gasteiger partial charge >= 0.3 is 0 Å². The van der Waals surface area contributed by atoms with Crippen molar-refractivity contribution < 1.29 is 9.90 Å². The van der Waals surface area contributed by atoms with E-state index in [1.54, 1.807) is 0 Å². The summed E-state index contributed by atoms with van der Waals surface area (Å²) in [4.78, 5) is 19.1. The van der Waals surface area contributed by atoms with Gasteiger partial charge < -0.3 is 26.8 Å². The number of nitrogens with zero attached hydrogens (tertiary/aromatic N) is 2. The minimum absolute atomic E-state index is 0.0162. The summed E-state index contributed by atoms with van der Waals surface area (Å²) in [5.74, 6) is -0.00837. The van der Waals surface area contributed by atoms with Crippen molar-refractivity contribution in [3.8, 4) is 0 Å². The molecule has 1 aromatic heterocycles. The van der Waals surface area contributed by atoms with E-state index < -0.39 is 5.54 Å². The highest BCUT2D eigenvalue weighted by atomic mass is 32.1. The molecule has 8 heteroatoms. The van der Waals surface area contributed by atoms with Gasteiger partial charge in [0.05, 0.1) is 0 Å². The molecular formula is C13H23N5O2S. The first-order valence-corrected chi connectivity index (χ1v) is 7.84. The van der Waals surface area contributed by atoms with Crippen LogP contribution in [0.1, 0.15) is 36.4 Å². The van der Waals surface area contributed by atoms with Crippen LogP contribution in [0.2, 0.25) is 0 Å². The minimum atomic E-state index is -0.488. The number of rotatable bonds is 5. The summed E-state index contributed by atoms with van der Waals surface area (Å²) in [6.45, 7) is 5.31. The first-order chi connectivity index (χ1) is 9.82. The number of nitrogens with two attached hydrogens (primary N) is 2. The van der Waals surface area contributed by atoms with Gasteiger partial charge in [-0.1, -0.05) is 11.3 Å². The van der Waals surface area contributed by atoms with Gasteiger partial charge in [0.2, 0.25) is 0 Å². The van der Waals surface area contributed by atoms with Gasteiger partial charge in [-0.15, -0.1) is 0 Å². The zero-order chi connectivity index (χ0) is 15.6. The van der Waals surface area contributed by atoms with Crippen LogP contribution in [0, 0.1) is 0 Å². The van der Waals surface area contributed by atoms with Crippen LogP contribution in [0.5, 0.6) is 0 Å². The zero-order valence-corrected chi connectivity index (χ0v) is 13.2. The summed E-state index contributed by atoms with van der Waals surface area (Å²) < 4.78 is 0. The van der Waals surface area contributed by atoms with E-state index in [-0.39, 0.29) is 24.4 Å². The second-order valence-electron chi connectivity index (χ2n) is 6.02. The molecule has 0 aliphatic carbocycles. The molecule has 1 aliphatic heterocycles. The number of thiazole rings is 1. The number of amides is 1. The van der Waals surface area contributed by atoms with Crippen molar-refractivity contribution in [1.29, 1.82) is 0 Å². The summed E-state index contributed by atoms with van der Waals surface area (Å²) in [5.41, 5.74) is 11.3. The van der Waals surface area contributed by atoms with Crippen molar-refractivity contribution in [3.05, 3.63) is 4.88 Å². The Labute approximate surface area is 128 Å². The summed E-state index contributed by atoms with van der Waals surface area (Å²) in [6.07, 6.45) is 1.40. The van der Waals surface area contributed by atoms with E-state index in [1.807, 2.05) is 13.8 Å². The molecule has 0 radical (unpaired) electrons. The fraction of sp³-hybridized carbons (Fsp3) is 0.692. The number of aliphatic hydroxyl groups is 1. The normalized spacial score (nSPS) is 19.0. The standard InChI is InChI=1S/C13H23N5O2S/c1-13(2,4-6-19)17-11(20)9-10(15)16-12(21-9)18-5-3-8(14)7-18/h8,19H,3-7,14-15H2,1-2H3,(H,17,20). The quantitative estimate of drug-likeness (QED) is 0.615. The minimum Gasteiger partial charge on any atom is -0.396 e. The summed E-state index contributed by atoms with van der Waals surface area (Å²) in [6, 6.07) is 0.149. The van der Waals surface area contributed by atoms with Crippen LogP contribution in [0.4, 0.5) is 10.9 Å². The van der Waals surface area contributed by atoms with Gasteiger partial charge in [0.25, 0.3) is 5.91 Å². The predicted octanol–water partition coefficient (Wildman–Crippen LogP) is 0.154. The largest absolute Gasteiger partial charge is 0.396 e. The topological polar surface area (TPSA) is 118 Å². The first kappa shape index (κ1) is 16.0. The van der Waals surface area contributed by atoms with Gasteiger partial charge in [-0.05, 0) is 26.7 Å². The number of hydrogen-bond acceptors (Lipinski definition) is 7. The molecule has 2 heterocycles. The monoisotopic (exact) mass is 313 g/mol. The van der Waals surface area contributed by atoms with Crippen LogP contribution in [0.15, 0.2) is 0 Å². The molecule has 0 saturated carbocycles. The van der Waals surface area contributed by atoms with Crippen LogP contribution in [0.25, 0.3) is 0 Å². The molecule has 0 bridgehead atoms. The molecule has 1 aromatic rings. The van der Waals surface area contributed by atoms with Crippen molar-refractivity contribution in [1.82, 2.24) is 10.3 Å². The van der Waals surface area contributed by atoms with Crippen LogP contribution < -0.4 is 21.7 Å². The highest BCUT2D eigenvalue weighted by Gasteiger charge is 2.27. The smallest absolute Gasteiger partial charge is 0.265 e. The number of carbonyl (C=O) groups is 1. The molecular weight excluding hydrogens is 290 g/mol. The second kappa shape index (κ2) is 6.17. The summed E-state index contributed by atoms with van der Waals surface area (Å²) in [5, 5.41) is 12.6. The third kappa shape index (κ3) is 3.84. The lowest BCUT2D eigenvalue weighted by atomic mass is 10.0. The highest BCUT2D eigenvalue weighted by Crippen LogP contribution is 2.30. The predicted molar refractivity (Wildman–Crippen MR) is 84.6 cm³/mol. The van der Waals surface area contributed by atoms with Crippen molar-refractivity contribution >= 4 is 28.2 Å². The number of nitrogens with one attached hydrogen (secondary N) is 1. The lowest BCUT2D eigenvalue weighted by Gasteiger charge is -2.24. The number of carbonyl (C=O) groups excluding carboxylic acids is 1. The average molecular weight is 313 g/mol. The fourth-order valence-corrected chi connectivity index (χ4v) is 3.20. The Bertz CT molecular complexity index is 517. The van der Waals surface area contributed by atoms with Crippen LogP contribution in [-0.2, 0) is 0 Å². The van der Waals surface area contributed by atoms with E-state index >= 15 is 0 Å². The molecule has 1 unspecified atom stereocenters. The van der Waals surface area contributed by atoms with Crippen molar-refractivity contribution in [3.63, 3.8) is 0 Å². The Morgan fingerprint density at radius 2 is 2.33 bits per heavy atom. The molecule has 0 spiro atoms. The van der Waals surface area contributed by atoms with Crippen molar-refractivity contribution in [2.75, 3.05) is 30.3 Å². The third-order valence-corrected chi connectivity index (χ3v) is 4.66. The van der Waals surface area contributed by atoms with Crippen molar-refractivity contribution in [2.24, 2.45) is 5.73 Å². The Morgan fingerprint density at radius 1 is 1.62 bits per heavy atom. The molecule has 1 fully saturated rings. The molecule has 1 aliphatic rings. The molecule has 6 N–H and O–H groups in total. The van der Waals surface area contributed by atoms with Gasteiger partial charge in [0, 0.05) is 31.3 Å². The Kier molecular flexibility index (Phi) is 4.70. The van der Waals surface area contributed by atoms with Gasteiger partial charge in [0.1, 0.15) is 10.7 Å². The number of nitrogen functional groups attached to an aromatic ring is 1. The van der Waals surface area contributed by atoms with Gasteiger partial charge in [-0.25, -0.2) is 4.98 Å². The lowest BCUT2D eigenvalue weighted by Crippen LogP contribution is -2.43. The van der Waals surface area contributed by atoms with Gasteiger partial charge in [-0.3, -0.25) is 4.79 Å². The molecule has 7 nitrogen and oxygen atoms in total. The van der Waals surface area contributed by atoms with E-state index in [1.165, 1.54) is 11.3 Å². The molecule has 2 rings (SSSR count). The SMILES string of the molecule is CC(C)(CCO)NC(=O)c1sc(N2CCC(N)C2)nc1N. The third-order valence-electron chi connectivity index (χ3n) is 3.53. The van der Waals surface area contributed by atoms with E-state index in [9.17, 15) is 4.79 Å². The fourth-order valence-electron chi connectivity index (χ4n) is 2.29.